The lowest BCUT2D eigenvalue weighted by Crippen LogP contribution is -2.25. The zero-order chi connectivity index (χ0) is 18.2. The summed E-state index contributed by atoms with van der Waals surface area (Å²) in [7, 11) is 0. The summed E-state index contributed by atoms with van der Waals surface area (Å²) in [6.45, 7) is 1.00. The van der Waals surface area contributed by atoms with E-state index in [1.54, 1.807) is 6.92 Å². The number of H-pyrrole nitrogens is 1. The van der Waals surface area contributed by atoms with E-state index in [0.717, 1.165) is 11.6 Å². The Morgan fingerprint density at radius 1 is 1.28 bits per heavy atom. The number of aromatic nitrogens is 3. The lowest BCUT2D eigenvalue weighted by molar-refractivity contribution is -0.201. The van der Waals surface area contributed by atoms with Crippen LogP contribution >= 0.6 is 0 Å². The maximum Gasteiger partial charge on any atom is 0.490 e. The molecule has 130 valence electrons. The van der Waals surface area contributed by atoms with Gasteiger partial charge in [-0.1, -0.05) is 30.3 Å². The van der Waals surface area contributed by atoms with E-state index in [0.29, 0.717) is 11.3 Å². The summed E-state index contributed by atoms with van der Waals surface area (Å²) < 4.78 is 42.0. The van der Waals surface area contributed by atoms with Crippen LogP contribution in [0.2, 0.25) is 0 Å². The number of nitrogens with one attached hydrogen (secondary N) is 1. The molecule has 0 aliphatic rings. The van der Waals surface area contributed by atoms with Gasteiger partial charge in [0.15, 0.2) is 5.65 Å². The number of fused-ring (bicyclic) bond motifs is 1. The van der Waals surface area contributed by atoms with Crippen molar-refractivity contribution in [3.8, 4) is 11.1 Å². The Morgan fingerprint density at radius 3 is 2.60 bits per heavy atom. The molecule has 6 nitrogen and oxygen atoms in total. The van der Waals surface area contributed by atoms with Crippen molar-refractivity contribution in [1.29, 1.82) is 0 Å². The number of hydrogen-bond acceptors (Lipinski definition) is 4. The maximum atomic E-state index is 12.2. The summed E-state index contributed by atoms with van der Waals surface area (Å²) in [6.07, 6.45) is -5.10. The molecule has 3 aromatic rings. The van der Waals surface area contributed by atoms with Crippen molar-refractivity contribution < 1.29 is 22.7 Å². The van der Waals surface area contributed by atoms with Crippen molar-refractivity contribution in [3.05, 3.63) is 58.1 Å². The Labute approximate surface area is 138 Å². The fourth-order valence-corrected chi connectivity index (χ4v) is 2.44. The van der Waals surface area contributed by atoms with E-state index in [1.807, 2.05) is 30.3 Å². The van der Waals surface area contributed by atoms with E-state index < -0.39 is 24.3 Å². The van der Waals surface area contributed by atoms with Gasteiger partial charge < -0.3 is 4.74 Å². The Morgan fingerprint density at radius 2 is 1.96 bits per heavy atom. The number of benzene rings is 1. The van der Waals surface area contributed by atoms with Gasteiger partial charge in [0, 0.05) is 17.3 Å². The number of nitrogens with zero attached hydrogens (tertiary/aromatic N) is 2. The summed E-state index contributed by atoms with van der Waals surface area (Å²) in [5, 5.41) is 2.86. The van der Waals surface area contributed by atoms with E-state index >= 15 is 0 Å². The molecule has 0 amide bonds. The number of rotatable bonds is 3. The van der Waals surface area contributed by atoms with Gasteiger partial charge in [-0.05, 0) is 12.5 Å². The van der Waals surface area contributed by atoms with E-state index in [4.69, 9.17) is 0 Å². The summed E-state index contributed by atoms with van der Waals surface area (Å²) in [5.41, 5.74) is 1.75. The lowest BCUT2D eigenvalue weighted by atomic mass is 10.1. The molecule has 1 N–H and O–H groups in total. The number of halogens is 3. The number of alkyl halides is 3. The molecular formula is C16H12F3N3O3. The molecule has 2 aromatic heterocycles. The van der Waals surface area contributed by atoms with Crippen molar-refractivity contribution in [3.63, 3.8) is 0 Å². The number of carbonyl (C=O) groups is 1. The molecule has 2 heterocycles. The SMILES string of the molecule is Cc1[nH]n2c(=O)cc(COC(=O)C(F)(F)F)nc2c1-c1ccccc1. The van der Waals surface area contributed by atoms with E-state index in [2.05, 4.69) is 14.8 Å². The van der Waals surface area contributed by atoms with Crippen molar-refractivity contribution in [1.82, 2.24) is 14.6 Å². The Balaban J connectivity index is 2.03. The van der Waals surface area contributed by atoms with Gasteiger partial charge in [0.05, 0.1) is 5.69 Å². The first-order chi connectivity index (χ1) is 11.8. The van der Waals surface area contributed by atoms with Crippen molar-refractivity contribution >= 4 is 11.6 Å². The molecule has 0 saturated heterocycles. The molecule has 0 saturated carbocycles. The van der Waals surface area contributed by atoms with Crippen LogP contribution in [0.5, 0.6) is 0 Å². The molecule has 0 radical (unpaired) electrons. The zero-order valence-electron chi connectivity index (χ0n) is 12.9. The molecule has 0 fully saturated rings. The Kier molecular flexibility index (Phi) is 4.07. The van der Waals surface area contributed by atoms with E-state index in [-0.39, 0.29) is 11.3 Å². The molecule has 0 atom stereocenters. The van der Waals surface area contributed by atoms with Crippen LogP contribution in [0, 0.1) is 6.92 Å². The van der Waals surface area contributed by atoms with Gasteiger partial charge in [-0.25, -0.2) is 14.3 Å². The smallest absolute Gasteiger partial charge is 0.453 e. The second-order valence-corrected chi connectivity index (χ2v) is 5.30. The quantitative estimate of drug-likeness (QED) is 0.736. The summed E-state index contributed by atoms with van der Waals surface area (Å²) >= 11 is 0. The topological polar surface area (TPSA) is 76.5 Å². The van der Waals surface area contributed by atoms with Crippen molar-refractivity contribution in [2.45, 2.75) is 19.7 Å². The fraction of sp³-hybridized carbons (Fsp3) is 0.188. The minimum Gasteiger partial charge on any atom is -0.453 e. The number of ether oxygens (including phenoxy) is 1. The van der Waals surface area contributed by atoms with Crippen LogP contribution in [0.4, 0.5) is 13.2 Å². The Bertz CT molecular complexity index is 991. The van der Waals surface area contributed by atoms with Crippen LogP contribution in [0.3, 0.4) is 0 Å². The molecule has 0 aliphatic heterocycles. The largest absolute Gasteiger partial charge is 0.490 e. The summed E-state index contributed by atoms with van der Waals surface area (Å²) in [6, 6.07) is 10.1. The first-order valence-corrected chi connectivity index (χ1v) is 7.18. The Hall–Kier alpha value is -3.10. The molecule has 25 heavy (non-hydrogen) atoms. The molecule has 3 rings (SSSR count). The molecule has 0 spiro atoms. The van der Waals surface area contributed by atoms with Gasteiger partial charge in [0.1, 0.15) is 6.61 Å². The lowest BCUT2D eigenvalue weighted by Gasteiger charge is -2.07. The van der Waals surface area contributed by atoms with Crippen molar-refractivity contribution in [2.75, 3.05) is 0 Å². The monoisotopic (exact) mass is 351 g/mol. The fourth-order valence-electron chi connectivity index (χ4n) is 2.44. The van der Waals surface area contributed by atoms with E-state index in [1.165, 1.54) is 4.52 Å². The first-order valence-electron chi connectivity index (χ1n) is 7.18. The average molecular weight is 351 g/mol. The molecule has 1 aromatic carbocycles. The highest BCUT2D eigenvalue weighted by Crippen LogP contribution is 2.26. The number of carbonyl (C=O) groups excluding carboxylic acids is 1. The normalized spacial score (nSPS) is 11.7. The van der Waals surface area contributed by atoms with Gasteiger partial charge in [-0.15, -0.1) is 0 Å². The van der Waals surface area contributed by atoms with Gasteiger partial charge >= 0.3 is 12.1 Å². The number of hydrogen-bond donors (Lipinski definition) is 1. The average Bonchev–Trinajstić information content (AvgIpc) is 2.89. The maximum absolute atomic E-state index is 12.2. The third-order valence-electron chi connectivity index (χ3n) is 3.49. The number of esters is 1. The number of aryl methyl sites for hydroxylation is 1. The van der Waals surface area contributed by atoms with Crippen LogP contribution in [-0.2, 0) is 16.1 Å². The van der Waals surface area contributed by atoms with Gasteiger partial charge in [0.2, 0.25) is 0 Å². The predicted octanol–water partition coefficient (Wildman–Crippen LogP) is 2.60. The minimum atomic E-state index is -5.10. The van der Waals surface area contributed by atoms with Crippen LogP contribution in [0.15, 0.2) is 41.2 Å². The molecule has 0 unspecified atom stereocenters. The second-order valence-electron chi connectivity index (χ2n) is 5.30. The van der Waals surface area contributed by atoms with Crippen LogP contribution in [0.1, 0.15) is 11.4 Å². The van der Waals surface area contributed by atoms with Gasteiger partial charge in [-0.3, -0.25) is 9.89 Å². The molecular weight excluding hydrogens is 339 g/mol. The molecule has 0 bridgehead atoms. The summed E-state index contributed by atoms with van der Waals surface area (Å²) in [5.74, 6) is -2.33. The predicted molar refractivity (Wildman–Crippen MR) is 81.8 cm³/mol. The highest BCUT2D eigenvalue weighted by molar-refractivity contribution is 5.79. The minimum absolute atomic E-state index is 0.0706. The highest BCUT2D eigenvalue weighted by Gasteiger charge is 2.41. The first kappa shape index (κ1) is 16.7. The van der Waals surface area contributed by atoms with Crippen LogP contribution in [-0.4, -0.2) is 26.7 Å². The van der Waals surface area contributed by atoms with Crippen molar-refractivity contribution in [2.24, 2.45) is 0 Å². The van der Waals surface area contributed by atoms with Gasteiger partial charge in [0.25, 0.3) is 5.56 Å². The van der Waals surface area contributed by atoms with Crippen LogP contribution in [0.25, 0.3) is 16.8 Å². The molecule has 9 heteroatoms. The third kappa shape index (κ3) is 3.25. The van der Waals surface area contributed by atoms with E-state index in [9.17, 15) is 22.8 Å². The summed E-state index contributed by atoms with van der Waals surface area (Å²) in [4.78, 5) is 27.2. The molecule has 0 aliphatic carbocycles. The number of aromatic amines is 1. The standard InChI is InChI=1S/C16H12F3N3O3/c1-9-13(10-5-3-2-4-6-10)14-20-11(7-12(23)22(14)21-9)8-25-15(24)16(17,18)19/h2-7,21H,8H2,1H3. The zero-order valence-corrected chi connectivity index (χ0v) is 12.9. The second kappa shape index (κ2) is 6.08. The highest BCUT2D eigenvalue weighted by atomic mass is 19.4. The van der Waals surface area contributed by atoms with Gasteiger partial charge in [-0.2, -0.15) is 13.2 Å². The van der Waals surface area contributed by atoms with Crippen LogP contribution < -0.4 is 5.56 Å². The third-order valence-corrected chi connectivity index (χ3v) is 3.49.